The molecule has 0 spiro atoms. The van der Waals surface area contributed by atoms with Crippen LogP contribution in [0.1, 0.15) is 35.4 Å². The summed E-state index contributed by atoms with van der Waals surface area (Å²) in [7, 11) is 1.60. The molecule has 0 unspecified atom stereocenters. The molecule has 1 saturated heterocycles. The first-order chi connectivity index (χ1) is 13.4. The van der Waals surface area contributed by atoms with E-state index < -0.39 is 5.97 Å². The Labute approximate surface area is 171 Å². The van der Waals surface area contributed by atoms with Gasteiger partial charge in [-0.1, -0.05) is 18.5 Å². The maximum absolute atomic E-state index is 12.5. The molecule has 9 nitrogen and oxygen atoms in total. The average molecular weight is 428 g/mol. The van der Waals surface area contributed by atoms with E-state index in [0.29, 0.717) is 36.8 Å². The number of thiazole rings is 1. The molecule has 0 aliphatic carbocycles. The van der Waals surface area contributed by atoms with Gasteiger partial charge in [-0.25, -0.2) is 9.97 Å². The van der Waals surface area contributed by atoms with Gasteiger partial charge in [-0.2, -0.15) is 0 Å². The minimum absolute atomic E-state index is 0.0951. The Morgan fingerprint density at radius 3 is 2.93 bits per heavy atom. The molecular weight excluding hydrogens is 406 g/mol. The average Bonchev–Trinajstić information content (AvgIpc) is 3.27. The lowest BCUT2D eigenvalue weighted by Crippen LogP contribution is -2.55. The van der Waals surface area contributed by atoms with Gasteiger partial charge in [0.05, 0.1) is 30.0 Å². The van der Waals surface area contributed by atoms with Crippen LogP contribution in [-0.2, 0) is 22.4 Å². The monoisotopic (exact) mass is 427 g/mol. The Kier molecular flexibility index (Phi) is 6.53. The molecule has 1 aliphatic heterocycles. The summed E-state index contributed by atoms with van der Waals surface area (Å²) in [5.41, 5.74) is 1.27. The number of aromatic amines is 1. The fourth-order valence-electron chi connectivity index (χ4n) is 3.14. The van der Waals surface area contributed by atoms with Crippen molar-refractivity contribution in [2.24, 2.45) is 0 Å². The number of imidazole rings is 1. The van der Waals surface area contributed by atoms with Crippen LogP contribution < -0.4 is 10.2 Å². The van der Waals surface area contributed by atoms with Crippen LogP contribution in [0.4, 0.5) is 5.13 Å². The maximum atomic E-state index is 12.5. The minimum atomic E-state index is -0.905. The Morgan fingerprint density at radius 1 is 1.50 bits per heavy atom. The summed E-state index contributed by atoms with van der Waals surface area (Å²) in [6.45, 7) is 3.14. The van der Waals surface area contributed by atoms with Crippen molar-refractivity contribution in [1.29, 1.82) is 0 Å². The number of H-pyrrole nitrogens is 1. The molecule has 0 radical (unpaired) electrons. The van der Waals surface area contributed by atoms with Crippen molar-refractivity contribution in [3.8, 4) is 0 Å². The van der Waals surface area contributed by atoms with Gasteiger partial charge in [0.2, 0.25) is 0 Å². The van der Waals surface area contributed by atoms with Crippen LogP contribution in [0.3, 0.4) is 0 Å². The Balaban J connectivity index is 1.63. The van der Waals surface area contributed by atoms with Crippen molar-refractivity contribution in [2.45, 2.75) is 38.3 Å². The summed E-state index contributed by atoms with van der Waals surface area (Å²) in [6, 6.07) is -0.179. The number of halogens is 1. The summed E-state index contributed by atoms with van der Waals surface area (Å²) >= 11 is 7.42. The smallest absolute Gasteiger partial charge is 0.309 e. The number of carboxylic acids is 1. The predicted molar refractivity (Wildman–Crippen MR) is 105 cm³/mol. The fraction of sp³-hybridized carbons (Fsp3) is 0.529. The lowest BCUT2D eigenvalue weighted by molar-refractivity contribution is -0.136. The highest BCUT2D eigenvalue weighted by atomic mass is 35.5. The van der Waals surface area contributed by atoms with Crippen molar-refractivity contribution in [2.75, 3.05) is 25.1 Å². The first-order valence-corrected chi connectivity index (χ1v) is 10.2. The number of ether oxygens (including phenoxy) is 1. The number of rotatable bonds is 7. The molecular formula is C17H22ClN5O4S. The third kappa shape index (κ3) is 4.62. The van der Waals surface area contributed by atoms with Crippen molar-refractivity contribution in [3.63, 3.8) is 0 Å². The highest BCUT2D eigenvalue weighted by Crippen LogP contribution is 2.25. The molecule has 1 amide bonds. The molecule has 28 heavy (non-hydrogen) atoms. The van der Waals surface area contributed by atoms with Crippen LogP contribution in [0.25, 0.3) is 0 Å². The van der Waals surface area contributed by atoms with Crippen LogP contribution in [0.2, 0.25) is 5.15 Å². The summed E-state index contributed by atoms with van der Waals surface area (Å²) in [5, 5.41) is 14.7. The van der Waals surface area contributed by atoms with Gasteiger partial charge in [-0.3, -0.25) is 9.59 Å². The van der Waals surface area contributed by atoms with E-state index >= 15 is 0 Å². The first kappa shape index (κ1) is 20.6. The Bertz CT molecular complexity index is 854. The van der Waals surface area contributed by atoms with Crippen LogP contribution in [0, 0.1) is 0 Å². The number of piperidine rings is 1. The second-order valence-corrected chi connectivity index (χ2v) is 7.68. The number of aryl methyl sites for hydroxylation is 1. The van der Waals surface area contributed by atoms with E-state index in [1.807, 2.05) is 11.8 Å². The first-order valence-electron chi connectivity index (χ1n) is 8.90. The van der Waals surface area contributed by atoms with Gasteiger partial charge in [0.15, 0.2) is 16.1 Å². The standard InChI is InChI=1S/C17H22ClN5O4S/c1-3-10-14(18)22-15(20-10)16(26)21-11-4-5-23(7-12(11)27-2)17-19-9(8-28-17)6-13(24)25/h8,11-12H,3-7H2,1-2H3,(H,20,22)(H,21,26)(H,24,25)/t11-,12+/m1/s1. The normalized spacial score (nSPS) is 19.6. The molecule has 3 rings (SSSR count). The summed E-state index contributed by atoms with van der Waals surface area (Å²) in [5.74, 6) is -1.03. The van der Waals surface area contributed by atoms with Gasteiger partial charge in [0, 0.05) is 25.6 Å². The zero-order valence-corrected chi connectivity index (χ0v) is 17.1. The van der Waals surface area contributed by atoms with Gasteiger partial charge < -0.3 is 25.0 Å². The molecule has 2 aromatic rings. The van der Waals surface area contributed by atoms with Crippen molar-refractivity contribution in [1.82, 2.24) is 20.3 Å². The number of hydrogen-bond donors (Lipinski definition) is 3. The molecule has 0 bridgehead atoms. The largest absolute Gasteiger partial charge is 0.481 e. The van der Waals surface area contributed by atoms with Gasteiger partial charge in [-0.05, 0) is 12.8 Å². The van der Waals surface area contributed by atoms with Gasteiger partial charge in [-0.15, -0.1) is 11.3 Å². The number of anilines is 1. The van der Waals surface area contributed by atoms with Crippen molar-refractivity contribution < 1.29 is 19.4 Å². The highest BCUT2D eigenvalue weighted by molar-refractivity contribution is 7.13. The molecule has 1 fully saturated rings. The number of nitrogens with one attached hydrogen (secondary N) is 2. The van der Waals surface area contributed by atoms with E-state index in [1.54, 1.807) is 12.5 Å². The van der Waals surface area contributed by atoms with Crippen molar-refractivity contribution in [3.05, 3.63) is 27.7 Å². The number of nitrogens with zero attached hydrogens (tertiary/aromatic N) is 3. The Hall–Kier alpha value is -2.17. The second kappa shape index (κ2) is 8.89. The fourth-order valence-corrected chi connectivity index (χ4v) is 4.27. The van der Waals surface area contributed by atoms with Crippen LogP contribution in [-0.4, -0.2) is 64.3 Å². The van der Waals surface area contributed by atoms with E-state index in [1.165, 1.54) is 11.3 Å². The van der Waals surface area contributed by atoms with E-state index in [9.17, 15) is 9.59 Å². The predicted octanol–water partition coefficient (Wildman–Crippen LogP) is 1.73. The third-order valence-corrected chi connectivity index (χ3v) is 5.88. The lowest BCUT2D eigenvalue weighted by Gasteiger charge is -2.37. The maximum Gasteiger partial charge on any atom is 0.309 e. The summed E-state index contributed by atoms with van der Waals surface area (Å²) in [4.78, 5) is 36.8. The topological polar surface area (TPSA) is 120 Å². The van der Waals surface area contributed by atoms with Gasteiger partial charge in [0.25, 0.3) is 5.91 Å². The molecule has 3 N–H and O–H groups in total. The van der Waals surface area contributed by atoms with Crippen LogP contribution in [0.15, 0.2) is 5.38 Å². The number of aliphatic carboxylic acids is 1. The number of carbonyl (C=O) groups is 2. The van der Waals surface area contributed by atoms with Crippen molar-refractivity contribution >= 4 is 39.9 Å². The second-order valence-electron chi connectivity index (χ2n) is 6.49. The third-order valence-electron chi connectivity index (χ3n) is 4.62. The van der Waals surface area contributed by atoms with E-state index in [0.717, 1.165) is 10.8 Å². The molecule has 152 valence electrons. The number of carbonyl (C=O) groups excluding carboxylic acids is 1. The molecule has 0 saturated carbocycles. The van der Waals surface area contributed by atoms with Gasteiger partial charge >= 0.3 is 5.97 Å². The number of aromatic nitrogens is 3. The quantitative estimate of drug-likeness (QED) is 0.615. The van der Waals surface area contributed by atoms with Crippen LogP contribution >= 0.6 is 22.9 Å². The molecule has 11 heteroatoms. The Morgan fingerprint density at radius 2 is 2.29 bits per heavy atom. The number of amides is 1. The van der Waals surface area contributed by atoms with Crippen LogP contribution in [0.5, 0.6) is 0 Å². The molecule has 2 atom stereocenters. The molecule has 3 heterocycles. The van der Waals surface area contributed by atoms with E-state index in [-0.39, 0.29) is 30.3 Å². The number of methoxy groups -OCH3 is 1. The molecule has 2 aromatic heterocycles. The summed E-state index contributed by atoms with van der Waals surface area (Å²) < 4.78 is 5.58. The van der Waals surface area contributed by atoms with E-state index in [4.69, 9.17) is 21.4 Å². The zero-order chi connectivity index (χ0) is 20.3. The van der Waals surface area contributed by atoms with Gasteiger partial charge in [0.1, 0.15) is 0 Å². The molecule has 1 aliphatic rings. The summed E-state index contributed by atoms with van der Waals surface area (Å²) in [6.07, 6.45) is 0.992. The number of hydrogen-bond acceptors (Lipinski definition) is 7. The number of carboxylic acid groups (broad SMARTS) is 1. The highest BCUT2D eigenvalue weighted by Gasteiger charge is 2.32. The van der Waals surface area contributed by atoms with E-state index in [2.05, 4.69) is 20.3 Å². The molecule has 0 aromatic carbocycles. The zero-order valence-electron chi connectivity index (χ0n) is 15.6. The SMILES string of the molecule is CCc1[nH]c(C(=O)N[C@@H]2CCN(c3nc(CC(=O)O)cs3)C[C@@H]2OC)nc1Cl. The minimum Gasteiger partial charge on any atom is -0.481 e. The lowest BCUT2D eigenvalue weighted by atomic mass is 10.0.